The van der Waals surface area contributed by atoms with E-state index in [1.165, 1.54) is 0 Å². The summed E-state index contributed by atoms with van der Waals surface area (Å²) in [6.07, 6.45) is 1.78. The molecule has 0 spiro atoms. The number of hydrogen-bond donors (Lipinski definition) is 0. The van der Waals surface area contributed by atoms with Crippen molar-refractivity contribution in [3.63, 3.8) is 0 Å². The van der Waals surface area contributed by atoms with Crippen molar-refractivity contribution in [3.8, 4) is 0 Å². The molecule has 102 valence electrons. The van der Waals surface area contributed by atoms with Crippen LogP contribution in [0.5, 0.6) is 0 Å². The Bertz CT molecular complexity index is 979. The summed E-state index contributed by atoms with van der Waals surface area (Å²) >= 11 is 0. The van der Waals surface area contributed by atoms with Gasteiger partial charge in [0.15, 0.2) is 0 Å². The molecule has 3 heteroatoms. The van der Waals surface area contributed by atoms with E-state index in [-0.39, 0.29) is 0 Å². The molecule has 0 bridgehead atoms. The smallest absolute Gasteiger partial charge is 0.207 e. The molecule has 1 aliphatic carbocycles. The summed E-state index contributed by atoms with van der Waals surface area (Å²) in [5, 5.41) is 2.09. The fourth-order valence-electron chi connectivity index (χ4n) is 2.86. The number of rotatable bonds is 2. The molecule has 0 saturated carbocycles. The minimum atomic E-state index is -3.49. The molecule has 2 nitrogen and oxygen atoms in total. The third kappa shape index (κ3) is 1.74. The molecule has 0 amide bonds. The van der Waals surface area contributed by atoms with Gasteiger partial charge in [0.05, 0.1) is 9.80 Å². The summed E-state index contributed by atoms with van der Waals surface area (Å²) < 4.78 is 25.7. The van der Waals surface area contributed by atoms with Crippen LogP contribution < -0.4 is 0 Å². The van der Waals surface area contributed by atoms with Crippen molar-refractivity contribution in [2.75, 3.05) is 0 Å². The summed E-state index contributed by atoms with van der Waals surface area (Å²) in [6, 6.07) is 20.3. The second-order valence-corrected chi connectivity index (χ2v) is 6.99. The fourth-order valence-corrected chi connectivity index (χ4v) is 4.37. The Morgan fingerprint density at radius 2 is 1.43 bits per heavy atom. The van der Waals surface area contributed by atoms with E-state index in [1.54, 1.807) is 30.3 Å². The lowest BCUT2D eigenvalue weighted by Gasteiger charge is -2.07. The summed E-state index contributed by atoms with van der Waals surface area (Å²) in [7, 11) is -3.49. The maximum Gasteiger partial charge on any atom is 0.207 e. The van der Waals surface area contributed by atoms with E-state index in [1.807, 2.05) is 42.5 Å². The van der Waals surface area contributed by atoms with Crippen LogP contribution in [0.3, 0.4) is 0 Å². The highest BCUT2D eigenvalue weighted by Gasteiger charge is 2.27. The third-order valence-corrected chi connectivity index (χ3v) is 5.64. The number of hydrogen-bond acceptors (Lipinski definition) is 2. The highest BCUT2D eigenvalue weighted by molar-refractivity contribution is 8.01. The molecule has 0 heterocycles. The van der Waals surface area contributed by atoms with Crippen molar-refractivity contribution in [2.45, 2.75) is 4.90 Å². The van der Waals surface area contributed by atoms with Crippen LogP contribution in [0.1, 0.15) is 11.1 Å². The van der Waals surface area contributed by atoms with Gasteiger partial charge >= 0.3 is 0 Å². The maximum absolute atomic E-state index is 12.9. The van der Waals surface area contributed by atoms with Crippen molar-refractivity contribution in [3.05, 3.63) is 77.9 Å². The lowest BCUT2D eigenvalue weighted by Crippen LogP contribution is -2.02. The van der Waals surface area contributed by atoms with Crippen LogP contribution in [0.4, 0.5) is 0 Å². The van der Waals surface area contributed by atoms with Crippen LogP contribution >= 0.6 is 0 Å². The molecular weight excluding hydrogens is 280 g/mol. The monoisotopic (exact) mass is 292 g/mol. The Kier molecular flexibility index (Phi) is 2.53. The average molecular weight is 292 g/mol. The Hall–Kier alpha value is -2.39. The van der Waals surface area contributed by atoms with Crippen LogP contribution in [-0.4, -0.2) is 8.42 Å². The van der Waals surface area contributed by atoms with E-state index in [2.05, 4.69) is 0 Å². The van der Waals surface area contributed by atoms with Crippen molar-refractivity contribution in [2.24, 2.45) is 0 Å². The minimum Gasteiger partial charge on any atom is -0.218 e. The number of benzene rings is 3. The fraction of sp³-hybridized carbons (Fsp3) is 0. The lowest BCUT2D eigenvalue weighted by molar-refractivity contribution is 0.606. The summed E-state index contributed by atoms with van der Waals surface area (Å²) in [5.41, 5.74) is 1.77. The normalized spacial score (nSPS) is 13.4. The molecule has 0 atom stereocenters. The molecule has 0 fully saturated rings. The van der Waals surface area contributed by atoms with E-state index in [0.29, 0.717) is 9.80 Å². The molecule has 3 aromatic carbocycles. The summed E-state index contributed by atoms with van der Waals surface area (Å²) in [5.74, 6) is 0. The molecule has 0 aromatic heterocycles. The van der Waals surface area contributed by atoms with Gasteiger partial charge in [0.2, 0.25) is 9.84 Å². The van der Waals surface area contributed by atoms with E-state index in [0.717, 1.165) is 21.9 Å². The summed E-state index contributed by atoms with van der Waals surface area (Å²) in [6.45, 7) is 0. The van der Waals surface area contributed by atoms with Gasteiger partial charge in [-0.25, -0.2) is 8.42 Å². The van der Waals surface area contributed by atoms with Crippen molar-refractivity contribution >= 4 is 31.6 Å². The Balaban J connectivity index is 2.00. The van der Waals surface area contributed by atoms with Crippen molar-refractivity contribution in [1.82, 2.24) is 0 Å². The molecule has 4 rings (SSSR count). The largest absolute Gasteiger partial charge is 0.218 e. The van der Waals surface area contributed by atoms with E-state index < -0.39 is 9.84 Å². The molecule has 0 N–H and O–H groups in total. The van der Waals surface area contributed by atoms with Gasteiger partial charge in [0, 0.05) is 5.56 Å². The van der Waals surface area contributed by atoms with Gasteiger partial charge in [-0.1, -0.05) is 54.6 Å². The first-order chi connectivity index (χ1) is 10.2. The highest BCUT2D eigenvalue weighted by atomic mass is 32.2. The van der Waals surface area contributed by atoms with Gasteiger partial charge < -0.3 is 0 Å². The quantitative estimate of drug-likeness (QED) is 0.712. The topological polar surface area (TPSA) is 34.1 Å². The predicted molar refractivity (Wildman–Crippen MR) is 85.4 cm³/mol. The zero-order chi connectivity index (χ0) is 14.4. The van der Waals surface area contributed by atoms with E-state index in [4.69, 9.17) is 0 Å². The maximum atomic E-state index is 12.9. The van der Waals surface area contributed by atoms with E-state index >= 15 is 0 Å². The van der Waals surface area contributed by atoms with Crippen LogP contribution in [0.15, 0.2) is 71.6 Å². The molecule has 3 aromatic rings. The van der Waals surface area contributed by atoms with Crippen LogP contribution in [-0.2, 0) is 9.84 Å². The number of sulfone groups is 1. The van der Waals surface area contributed by atoms with Gasteiger partial charge in [0.25, 0.3) is 0 Å². The highest BCUT2D eigenvalue weighted by Crippen LogP contribution is 2.41. The van der Waals surface area contributed by atoms with Gasteiger partial charge in [-0.2, -0.15) is 0 Å². The second kappa shape index (κ2) is 4.30. The predicted octanol–water partition coefficient (Wildman–Crippen LogP) is 4.13. The molecule has 0 unspecified atom stereocenters. The first kappa shape index (κ1) is 12.4. The van der Waals surface area contributed by atoms with Gasteiger partial charge in [-0.15, -0.1) is 0 Å². The first-order valence-corrected chi connectivity index (χ1v) is 8.20. The van der Waals surface area contributed by atoms with Gasteiger partial charge in [0.1, 0.15) is 0 Å². The van der Waals surface area contributed by atoms with E-state index in [9.17, 15) is 8.42 Å². The van der Waals surface area contributed by atoms with Gasteiger partial charge in [-0.05, 0) is 34.5 Å². The molecular formula is C18H12O2S. The first-order valence-electron chi connectivity index (χ1n) is 6.72. The molecule has 0 saturated heterocycles. The second-order valence-electron chi connectivity index (χ2n) is 5.08. The molecule has 0 radical (unpaired) electrons. The molecule has 1 aliphatic rings. The lowest BCUT2D eigenvalue weighted by atomic mass is 10.0. The molecule has 0 aliphatic heterocycles. The standard InChI is InChI=1S/C18H12O2S/c19-21(20,15-9-2-1-3-10-15)17-12-14-8-4-6-13-7-5-11-16(17)18(13)14/h1-12H. The van der Waals surface area contributed by atoms with Crippen LogP contribution in [0.2, 0.25) is 0 Å². The zero-order valence-electron chi connectivity index (χ0n) is 11.2. The Labute approximate surface area is 123 Å². The van der Waals surface area contributed by atoms with Gasteiger partial charge in [-0.3, -0.25) is 0 Å². The van der Waals surface area contributed by atoms with Crippen molar-refractivity contribution < 1.29 is 8.42 Å². The Morgan fingerprint density at radius 3 is 2.19 bits per heavy atom. The Morgan fingerprint density at radius 1 is 0.714 bits per heavy atom. The van der Waals surface area contributed by atoms with Crippen LogP contribution in [0, 0.1) is 0 Å². The van der Waals surface area contributed by atoms with Crippen LogP contribution in [0.25, 0.3) is 21.8 Å². The summed E-state index contributed by atoms with van der Waals surface area (Å²) in [4.78, 5) is 0.724. The van der Waals surface area contributed by atoms with Crippen molar-refractivity contribution in [1.29, 1.82) is 0 Å². The SMILES string of the molecule is O=S(=O)(C1=Cc2cccc3cccc1c23)c1ccccc1. The minimum absolute atomic E-state index is 0.334. The zero-order valence-corrected chi connectivity index (χ0v) is 12.0. The molecule has 21 heavy (non-hydrogen) atoms. The third-order valence-electron chi connectivity index (χ3n) is 3.83. The average Bonchev–Trinajstić information content (AvgIpc) is 2.91.